The molecule has 7 heteroatoms. The normalized spacial score (nSPS) is 11.7. The largest absolute Gasteiger partial charge is 0.409 e. The van der Waals surface area contributed by atoms with Gasteiger partial charge in [0.1, 0.15) is 5.82 Å². The van der Waals surface area contributed by atoms with Crippen molar-refractivity contribution in [2.24, 2.45) is 10.9 Å². The molecule has 0 amide bonds. The Morgan fingerprint density at radius 1 is 1.50 bits per heavy atom. The molecular formula is C11H14N6O. The first-order valence-corrected chi connectivity index (χ1v) is 5.60. The average molecular weight is 246 g/mol. The molecule has 0 unspecified atom stereocenters. The summed E-state index contributed by atoms with van der Waals surface area (Å²) in [6.45, 7) is 2.07. The standard InChI is InChI=1S/C11H14N6O/c1-2-3-9-13-6-7-17(9)11-8(10(12)16-18)4-5-14-15-11/h4-7,18H,2-3H2,1H3,(H2,12,16). The van der Waals surface area contributed by atoms with Gasteiger partial charge in [0.15, 0.2) is 11.7 Å². The molecule has 2 rings (SSSR count). The van der Waals surface area contributed by atoms with E-state index in [2.05, 4.69) is 27.3 Å². The number of rotatable bonds is 4. The van der Waals surface area contributed by atoms with Crippen LogP contribution in [-0.2, 0) is 6.42 Å². The molecule has 3 N–H and O–H groups in total. The number of aryl methyl sites for hydroxylation is 1. The Morgan fingerprint density at radius 2 is 2.33 bits per heavy atom. The first-order chi connectivity index (χ1) is 8.77. The highest BCUT2D eigenvalue weighted by molar-refractivity contribution is 5.99. The maximum atomic E-state index is 8.77. The highest BCUT2D eigenvalue weighted by Gasteiger charge is 2.13. The number of amidine groups is 1. The van der Waals surface area contributed by atoms with Gasteiger partial charge in [-0.3, -0.25) is 4.57 Å². The van der Waals surface area contributed by atoms with Gasteiger partial charge in [-0.15, -0.1) is 5.10 Å². The number of imidazole rings is 1. The zero-order valence-corrected chi connectivity index (χ0v) is 9.98. The molecule has 2 aromatic heterocycles. The molecule has 0 aliphatic carbocycles. The number of hydrogen-bond acceptors (Lipinski definition) is 5. The number of hydrogen-bond donors (Lipinski definition) is 2. The summed E-state index contributed by atoms with van der Waals surface area (Å²) >= 11 is 0. The van der Waals surface area contributed by atoms with Gasteiger partial charge in [-0.25, -0.2) is 4.98 Å². The van der Waals surface area contributed by atoms with Crippen molar-refractivity contribution in [3.8, 4) is 5.82 Å². The van der Waals surface area contributed by atoms with Crippen molar-refractivity contribution in [2.75, 3.05) is 0 Å². The van der Waals surface area contributed by atoms with E-state index >= 15 is 0 Å². The van der Waals surface area contributed by atoms with Crippen LogP contribution in [0.4, 0.5) is 0 Å². The molecule has 0 aliphatic rings. The fourth-order valence-electron chi connectivity index (χ4n) is 1.69. The summed E-state index contributed by atoms with van der Waals surface area (Å²) < 4.78 is 1.80. The number of oxime groups is 1. The molecular weight excluding hydrogens is 232 g/mol. The van der Waals surface area contributed by atoms with E-state index in [0.717, 1.165) is 18.7 Å². The van der Waals surface area contributed by atoms with Crippen LogP contribution in [0.3, 0.4) is 0 Å². The molecule has 0 fully saturated rings. The van der Waals surface area contributed by atoms with Crippen molar-refractivity contribution < 1.29 is 5.21 Å². The predicted molar refractivity (Wildman–Crippen MR) is 65.7 cm³/mol. The van der Waals surface area contributed by atoms with E-state index in [0.29, 0.717) is 11.4 Å². The zero-order valence-electron chi connectivity index (χ0n) is 9.98. The molecule has 2 aromatic rings. The van der Waals surface area contributed by atoms with Gasteiger partial charge in [0, 0.05) is 18.8 Å². The summed E-state index contributed by atoms with van der Waals surface area (Å²) in [6.07, 6.45) is 6.75. The Labute approximate surface area is 104 Å². The Hall–Kier alpha value is -2.44. The lowest BCUT2D eigenvalue weighted by atomic mass is 10.2. The molecule has 94 valence electrons. The van der Waals surface area contributed by atoms with Gasteiger partial charge < -0.3 is 10.9 Å². The molecule has 0 saturated carbocycles. The third-order valence-electron chi connectivity index (χ3n) is 2.50. The second-order valence-electron chi connectivity index (χ2n) is 3.72. The summed E-state index contributed by atoms with van der Waals surface area (Å²) in [4.78, 5) is 4.26. The van der Waals surface area contributed by atoms with Gasteiger partial charge in [-0.05, 0) is 12.5 Å². The van der Waals surface area contributed by atoms with Crippen LogP contribution in [0, 0.1) is 0 Å². The molecule has 7 nitrogen and oxygen atoms in total. The minimum atomic E-state index is -0.00366. The Bertz CT molecular complexity index is 562. The van der Waals surface area contributed by atoms with Crippen LogP contribution < -0.4 is 5.73 Å². The van der Waals surface area contributed by atoms with Crippen LogP contribution in [0.25, 0.3) is 5.82 Å². The molecule has 0 radical (unpaired) electrons. The minimum Gasteiger partial charge on any atom is -0.409 e. The minimum absolute atomic E-state index is 0.00366. The number of nitrogens with zero attached hydrogens (tertiary/aromatic N) is 5. The van der Waals surface area contributed by atoms with Crippen molar-refractivity contribution in [1.82, 2.24) is 19.7 Å². The molecule has 2 heterocycles. The van der Waals surface area contributed by atoms with E-state index in [1.807, 2.05) is 0 Å². The second kappa shape index (κ2) is 5.26. The monoisotopic (exact) mass is 246 g/mol. The summed E-state index contributed by atoms with van der Waals surface area (Å²) in [5, 5.41) is 19.6. The van der Waals surface area contributed by atoms with Crippen LogP contribution in [0.5, 0.6) is 0 Å². The van der Waals surface area contributed by atoms with Gasteiger partial charge in [0.2, 0.25) is 0 Å². The Morgan fingerprint density at radius 3 is 3.06 bits per heavy atom. The van der Waals surface area contributed by atoms with Crippen LogP contribution in [0.15, 0.2) is 29.8 Å². The van der Waals surface area contributed by atoms with Crippen LogP contribution in [0.1, 0.15) is 24.7 Å². The van der Waals surface area contributed by atoms with E-state index in [-0.39, 0.29) is 5.84 Å². The van der Waals surface area contributed by atoms with Crippen LogP contribution in [-0.4, -0.2) is 30.8 Å². The van der Waals surface area contributed by atoms with Crippen molar-refractivity contribution in [3.05, 3.63) is 36.0 Å². The summed E-state index contributed by atoms with van der Waals surface area (Å²) in [7, 11) is 0. The van der Waals surface area contributed by atoms with Crippen LogP contribution >= 0.6 is 0 Å². The van der Waals surface area contributed by atoms with E-state index in [9.17, 15) is 0 Å². The molecule has 0 spiro atoms. The predicted octanol–water partition coefficient (Wildman–Crippen LogP) is 0.709. The van der Waals surface area contributed by atoms with Crippen LogP contribution in [0.2, 0.25) is 0 Å². The van der Waals surface area contributed by atoms with Gasteiger partial charge in [-0.1, -0.05) is 12.1 Å². The number of nitrogens with two attached hydrogens (primary N) is 1. The zero-order chi connectivity index (χ0) is 13.0. The highest BCUT2D eigenvalue weighted by Crippen LogP contribution is 2.13. The maximum absolute atomic E-state index is 8.77. The van der Waals surface area contributed by atoms with Gasteiger partial charge in [-0.2, -0.15) is 5.10 Å². The lowest BCUT2D eigenvalue weighted by Crippen LogP contribution is -2.18. The summed E-state index contributed by atoms with van der Waals surface area (Å²) in [5.41, 5.74) is 6.14. The van der Waals surface area contributed by atoms with Crippen molar-refractivity contribution in [1.29, 1.82) is 0 Å². The van der Waals surface area contributed by atoms with Crippen molar-refractivity contribution in [2.45, 2.75) is 19.8 Å². The third kappa shape index (κ3) is 2.15. The Kier molecular flexibility index (Phi) is 3.52. The fraction of sp³-hybridized carbons (Fsp3) is 0.273. The van der Waals surface area contributed by atoms with Gasteiger partial charge in [0.25, 0.3) is 0 Å². The average Bonchev–Trinajstić information content (AvgIpc) is 2.86. The van der Waals surface area contributed by atoms with E-state index in [4.69, 9.17) is 10.9 Å². The lowest BCUT2D eigenvalue weighted by Gasteiger charge is -2.09. The molecule has 0 bridgehead atoms. The summed E-state index contributed by atoms with van der Waals surface area (Å²) in [5.74, 6) is 1.37. The first-order valence-electron chi connectivity index (χ1n) is 5.60. The fourth-order valence-corrected chi connectivity index (χ4v) is 1.69. The molecule has 0 aromatic carbocycles. The highest BCUT2D eigenvalue weighted by atomic mass is 16.4. The van der Waals surface area contributed by atoms with Gasteiger partial charge in [0.05, 0.1) is 11.8 Å². The lowest BCUT2D eigenvalue weighted by molar-refractivity contribution is 0.318. The Balaban J connectivity index is 2.53. The maximum Gasteiger partial charge on any atom is 0.173 e. The second-order valence-corrected chi connectivity index (χ2v) is 3.72. The van der Waals surface area contributed by atoms with Crippen molar-refractivity contribution in [3.63, 3.8) is 0 Å². The topological polar surface area (TPSA) is 102 Å². The molecule has 18 heavy (non-hydrogen) atoms. The van der Waals surface area contributed by atoms with Crippen molar-refractivity contribution >= 4 is 5.84 Å². The SMILES string of the molecule is CCCc1nccn1-c1nnccc1/C(N)=N/O. The number of aromatic nitrogens is 4. The molecule has 0 aliphatic heterocycles. The van der Waals surface area contributed by atoms with E-state index in [1.165, 1.54) is 6.20 Å². The first kappa shape index (κ1) is 12.0. The smallest absolute Gasteiger partial charge is 0.173 e. The van der Waals surface area contributed by atoms with Gasteiger partial charge >= 0.3 is 0 Å². The molecule has 0 saturated heterocycles. The quantitative estimate of drug-likeness (QED) is 0.358. The molecule has 0 atom stereocenters. The summed E-state index contributed by atoms with van der Waals surface area (Å²) in [6, 6.07) is 1.65. The van der Waals surface area contributed by atoms with E-state index < -0.39 is 0 Å². The van der Waals surface area contributed by atoms with E-state index in [1.54, 1.807) is 23.0 Å². The third-order valence-corrected chi connectivity index (χ3v) is 2.50.